The Balaban J connectivity index is 1.54. The van der Waals surface area contributed by atoms with Crippen molar-refractivity contribution in [2.75, 3.05) is 36.6 Å². The molecule has 1 aliphatic heterocycles. The predicted molar refractivity (Wildman–Crippen MR) is 118 cm³/mol. The summed E-state index contributed by atoms with van der Waals surface area (Å²) in [5, 5.41) is 31.8. The van der Waals surface area contributed by atoms with Crippen LogP contribution in [-0.4, -0.2) is 69.1 Å². The summed E-state index contributed by atoms with van der Waals surface area (Å²) in [6.45, 7) is -0.205. The van der Waals surface area contributed by atoms with E-state index < -0.39 is 30.8 Å². The fraction of sp³-hybridized carbons (Fsp3) is 0.318. The molecule has 2 unspecified atom stereocenters. The first-order valence-corrected chi connectivity index (χ1v) is 10.5. The molecule has 0 fully saturated rings. The number of nitrogens with one attached hydrogen (secondary N) is 1. The van der Waals surface area contributed by atoms with Crippen molar-refractivity contribution in [2.45, 2.75) is 18.6 Å². The molecule has 0 saturated carbocycles. The van der Waals surface area contributed by atoms with Crippen LogP contribution in [0.1, 0.15) is 5.56 Å². The van der Waals surface area contributed by atoms with Crippen molar-refractivity contribution in [2.24, 2.45) is 0 Å². The number of benzene rings is 1. The number of anilines is 2. The summed E-state index contributed by atoms with van der Waals surface area (Å²) >= 11 is 0. The fourth-order valence-electron chi connectivity index (χ4n) is 3.30. The minimum atomic E-state index is -4.49. The van der Waals surface area contributed by atoms with Crippen molar-refractivity contribution in [3.63, 3.8) is 0 Å². The number of aromatic nitrogens is 3. The zero-order valence-electron chi connectivity index (χ0n) is 18.2. The molecule has 1 aliphatic rings. The largest absolute Gasteiger partial charge is 0.488 e. The average Bonchev–Trinajstić information content (AvgIpc) is 2.86. The second kappa shape index (κ2) is 10.3. The zero-order valence-corrected chi connectivity index (χ0v) is 18.2. The lowest BCUT2D eigenvalue weighted by Crippen LogP contribution is -2.46. The van der Waals surface area contributed by atoms with E-state index in [9.17, 15) is 23.4 Å². The Kier molecular flexibility index (Phi) is 7.19. The molecular formula is C22H22F3N5O5. The SMILES string of the molecule is OCC(O)COc1cncc(NC(O)N2CCOc3ccc(-c4cccc(C(F)(F)F)c4)nc32)n1. The second-order valence-electron chi connectivity index (χ2n) is 7.55. The van der Waals surface area contributed by atoms with Crippen molar-refractivity contribution in [3.8, 4) is 22.9 Å². The molecule has 10 nitrogen and oxygen atoms in total. The Morgan fingerprint density at radius 3 is 2.74 bits per heavy atom. The van der Waals surface area contributed by atoms with Gasteiger partial charge in [-0.3, -0.25) is 4.98 Å². The smallest absolute Gasteiger partial charge is 0.416 e. The summed E-state index contributed by atoms with van der Waals surface area (Å²) < 4.78 is 50.2. The molecule has 1 aromatic carbocycles. The van der Waals surface area contributed by atoms with E-state index in [0.29, 0.717) is 5.75 Å². The number of ether oxygens (including phenoxy) is 2. The van der Waals surface area contributed by atoms with Gasteiger partial charge in [0.2, 0.25) is 12.2 Å². The van der Waals surface area contributed by atoms with Gasteiger partial charge >= 0.3 is 6.18 Å². The highest BCUT2D eigenvalue weighted by atomic mass is 19.4. The highest BCUT2D eigenvalue weighted by Crippen LogP contribution is 2.35. The minimum Gasteiger partial charge on any atom is -0.488 e. The van der Waals surface area contributed by atoms with Gasteiger partial charge in [0.15, 0.2) is 17.4 Å². The van der Waals surface area contributed by atoms with Crippen molar-refractivity contribution < 1.29 is 38.0 Å². The Bertz CT molecular complexity index is 1170. The molecule has 2 atom stereocenters. The van der Waals surface area contributed by atoms with Crippen molar-refractivity contribution in [1.82, 2.24) is 15.0 Å². The van der Waals surface area contributed by atoms with Gasteiger partial charge in [-0.05, 0) is 24.3 Å². The van der Waals surface area contributed by atoms with Gasteiger partial charge in [0.1, 0.15) is 19.3 Å². The third-order valence-electron chi connectivity index (χ3n) is 5.01. The Morgan fingerprint density at radius 1 is 1.14 bits per heavy atom. The molecule has 0 aliphatic carbocycles. The first-order valence-electron chi connectivity index (χ1n) is 10.5. The fourth-order valence-corrected chi connectivity index (χ4v) is 3.30. The summed E-state index contributed by atoms with van der Waals surface area (Å²) in [5.41, 5.74) is -0.261. The van der Waals surface area contributed by atoms with Gasteiger partial charge in [-0.1, -0.05) is 12.1 Å². The maximum absolute atomic E-state index is 13.1. The van der Waals surface area contributed by atoms with Gasteiger partial charge in [0.05, 0.1) is 36.8 Å². The third-order valence-corrected chi connectivity index (χ3v) is 5.01. The first kappa shape index (κ1) is 24.4. The Labute approximate surface area is 197 Å². The van der Waals surface area contributed by atoms with Crippen LogP contribution < -0.4 is 19.7 Å². The normalized spacial score (nSPS) is 15.1. The number of alkyl halides is 3. The number of pyridine rings is 1. The van der Waals surface area contributed by atoms with Gasteiger partial charge in [-0.25, -0.2) is 4.98 Å². The van der Waals surface area contributed by atoms with E-state index in [1.807, 2.05) is 0 Å². The number of fused-ring (bicyclic) bond motifs is 1. The average molecular weight is 493 g/mol. The van der Waals surface area contributed by atoms with E-state index in [4.69, 9.17) is 14.6 Å². The highest BCUT2D eigenvalue weighted by Gasteiger charge is 2.31. The molecule has 35 heavy (non-hydrogen) atoms. The minimum absolute atomic E-state index is 0.0574. The number of hydrogen-bond donors (Lipinski definition) is 4. The van der Waals surface area contributed by atoms with Gasteiger partial charge in [-0.2, -0.15) is 18.2 Å². The molecule has 0 spiro atoms. The molecule has 2 aromatic heterocycles. The van der Waals surface area contributed by atoms with Gasteiger partial charge in [0, 0.05) is 5.56 Å². The van der Waals surface area contributed by atoms with Gasteiger partial charge in [0.25, 0.3) is 0 Å². The predicted octanol–water partition coefficient (Wildman–Crippen LogP) is 1.88. The molecule has 0 radical (unpaired) electrons. The summed E-state index contributed by atoms with van der Waals surface area (Å²) in [7, 11) is 0. The molecule has 4 N–H and O–H groups in total. The summed E-state index contributed by atoms with van der Waals surface area (Å²) in [6.07, 6.45) is -4.27. The molecule has 0 saturated heterocycles. The number of nitrogens with zero attached hydrogens (tertiary/aromatic N) is 4. The number of halogens is 3. The van der Waals surface area contributed by atoms with Crippen LogP contribution in [0, 0.1) is 0 Å². The van der Waals surface area contributed by atoms with Crippen LogP contribution in [0.4, 0.5) is 24.8 Å². The topological polar surface area (TPSA) is 133 Å². The van der Waals surface area contributed by atoms with Crippen LogP contribution in [-0.2, 0) is 6.18 Å². The lowest BCUT2D eigenvalue weighted by molar-refractivity contribution is -0.137. The maximum atomic E-state index is 13.1. The molecule has 3 heterocycles. The highest BCUT2D eigenvalue weighted by molar-refractivity contribution is 5.67. The maximum Gasteiger partial charge on any atom is 0.416 e. The molecule has 13 heteroatoms. The zero-order chi connectivity index (χ0) is 25.0. The van der Waals surface area contributed by atoms with Crippen molar-refractivity contribution in [1.29, 1.82) is 0 Å². The number of aliphatic hydroxyl groups is 3. The van der Waals surface area contributed by atoms with E-state index >= 15 is 0 Å². The van der Waals surface area contributed by atoms with E-state index in [1.165, 1.54) is 29.4 Å². The van der Waals surface area contributed by atoms with E-state index in [-0.39, 0.29) is 48.5 Å². The Hall–Kier alpha value is -3.68. The molecule has 186 valence electrons. The lowest BCUT2D eigenvalue weighted by atomic mass is 10.1. The molecule has 4 rings (SSSR count). The van der Waals surface area contributed by atoms with Crippen molar-refractivity contribution >= 4 is 11.6 Å². The lowest BCUT2D eigenvalue weighted by Gasteiger charge is -2.34. The van der Waals surface area contributed by atoms with E-state index in [2.05, 4.69) is 20.3 Å². The number of aliphatic hydroxyl groups excluding tert-OH is 3. The molecule has 0 bridgehead atoms. The monoisotopic (exact) mass is 493 g/mol. The molecule has 3 aromatic rings. The summed E-state index contributed by atoms with van der Waals surface area (Å²) in [6, 6.07) is 7.93. The number of rotatable bonds is 8. The standard InChI is InChI=1S/C22H22F3N5O5/c23-22(24,25)14-3-1-2-13(8-14)16-4-5-17-20(27-16)30(6-7-34-17)21(33)29-18-9-26-10-19(28-18)35-12-15(32)11-31/h1-5,8-10,15,21,31-33H,6-7,11-12H2,(H,28,29). The van der Waals surface area contributed by atoms with Crippen LogP contribution in [0.25, 0.3) is 11.3 Å². The molecule has 0 amide bonds. The third kappa shape index (κ3) is 5.88. The second-order valence-corrected chi connectivity index (χ2v) is 7.55. The number of hydrogen-bond acceptors (Lipinski definition) is 10. The molecular weight excluding hydrogens is 471 g/mol. The Morgan fingerprint density at radius 2 is 1.97 bits per heavy atom. The van der Waals surface area contributed by atoms with E-state index in [0.717, 1.165) is 12.1 Å². The van der Waals surface area contributed by atoms with Crippen LogP contribution >= 0.6 is 0 Å². The van der Waals surface area contributed by atoms with Gasteiger partial charge in [-0.15, -0.1) is 0 Å². The van der Waals surface area contributed by atoms with Crippen LogP contribution in [0.3, 0.4) is 0 Å². The summed E-state index contributed by atoms with van der Waals surface area (Å²) in [4.78, 5) is 14.0. The van der Waals surface area contributed by atoms with Crippen molar-refractivity contribution in [3.05, 3.63) is 54.4 Å². The van der Waals surface area contributed by atoms with Crippen LogP contribution in [0.5, 0.6) is 11.6 Å². The summed E-state index contributed by atoms with van der Waals surface area (Å²) in [5.74, 6) is 0.796. The van der Waals surface area contributed by atoms with Gasteiger partial charge < -0.3 is 35.0 Å². The van der Waals surface area contributed by atoms with E-state index in [1.54, 1.807) is 12.1 Å². The van der Waals surface area contributed by atoms with Crippen LogP contribution in [0.15, 0.2) is 48.8 Å². The quantitative estimate of drug-likeness (QED) is 0.345. The first-order chi connectivity index (χ1) is 16.7. The van der Waals surface area contributed by atoms with Crippen LogP contribution in [0.2, 0.25) is 0 Å².